The summed E-state index contributed by atoms with van der Waals surface area (Å²) in [6, 6.07) is 7.26. The molecule has 0 saturated carbocycles. The molecule has 0 N–H and O–H groups in total. The highest BCUT2D eigenvalue weighted by atomic mass is 32.1. The number of rotatable bonds is 2. The van der Waals surface area contributed by atoms with Gasteiger partial charge in [-0.25, -0.2) is 4.98 Å². The Labute approximate surface area is 145 Å². The summed E-state index contributed by atoms with van der Waals surface area (Å²) in [5.74, 6) is -0.193. The molecule has 1 aromatic heterocycles. The fourth-order valence-corrected chi connectivity index (χ4v) is 2.98. The summed E-state index contributed by atoms with van der Waals surface area (Å²) in [5, 5.41) is 0. The van der Waals surface area contributed by atoms with Crippen molar-refractivity contribution in [2.45, 2.75) is 11.3 Å². The first-order valence-corrected chi connectivity index (χ1v) is 8.24. The molecular weight excluding hydrogens is 324 g/mol. The Bertz CT molecular complexity index is 738. The lowest BCUT2D eigenvalue weighted by molar-refractivity contribution is 0.0714. The van der Waals surface area contributed by atoms with Gasteiger partial charge in [-0.3, -0.25) is 14.6 Å². The van der Waals surface area contributed by atoms with Gasteiger partial charge in [0.05, 0.1) is 11.8 Å². The van der Waals surface area contributed by atoms with Crippen LogP contribution in [-0.4, -0.2) is 57.8 Å². The molecule has 0 spiro atoms. The standard InChI is InChI=1S/C17H18N4O2S/c22-16(13-4-1-2-5-15(13)24)20-8-3-9-21(11-10-20)17(23)14-12-18-6-7-19-14/h1-2,4-7,12,24H,3,8-11H2. The predicted octanol–water partition coefficient (Wildman–Crippen LogP) is 1.75. The maximum absolute atomic E-state index is 12.7. The lowest BCUT2D eigenvalue weighted by atomic mass is 10.2. The van der Waals surface area contributed by atoms with Crippen LogP contribution in [0.25, 0.3) is 0 Å². The van der Waals surface area contributed by atoms with E-state index in [0.29, 0.717) is 42.3 Å². The Kier molecular flexibility index (Phi) is 5.10. The maximum atomic E-state index is 12.7. The van der Waals surface area contributed by atoms with Crippen molar-refractivity contribution in [3.05, 3.63) is 54.1 Å². The molecule has 2 heterocycles. The largest absolute Gasteiger partial charge is 0.337 e. The zero-order chi connectivity index (χ0) is 16.9. The minimum atomic E-state index is -0.146. The number of carbonyl (C=O) groups is 2. The van der Waals surface area contributed by atoms with E-state index in [2.05, 4.69) is 22.6 Å². The zero-order valence-electron chi connectivity index (χ0n) is 13.1. The van der Waals surface area contributed by atoms with Gasteiger partial charge >= 0.3 is 0 Å². The molecule has 0 atom stereocenters. The first-order chi connectivity index (χ1) is 11.7. The van der Waals surface area contributed by atoms with Crippen LogP contribution in [0, 0.1) is 0 Å². The molecule has 24 heavy (non-hydrogen) atoms. The lowest BCUT2D eigenvalue weighted by Crippen LogP contribution is -2.37. The fraction of sp³-hybridized carbons (Fsp3) is 0.294. The van der Waals surface area contributed by atoms with Gasteiger partial charge in [-0.15, -0.1) is 12.6 Å². The van der Waals surface area contributed by atoms with Gasteiger partial charge in [-0.05, 0) is 18.6 Å². The van der Waals surface area contributed by atoms with Crippen LogP contribution >= 0.6 is 12.6 Å². The second-order valence-electron chi connectivity index (χ2n) is 5.55. The van der Waals surface area contributed by atoms with Gasteiger partial charge < -0.3 is 9.80 Å². The van der Waals surface area contributed by atoms with Crippen molar-refractivity contribution in [3.63, 3.8) is 0 Å². The van der Waals surface area contributed by atoms with Crippen LogP contribution in [0.1, 0.15) is 27.3 Å². The minimum Gasteiger partial charge on any atom is -0.337 e. The van der Waals surface area contributed by atoms with Crippen molar-refractivity contribution in [2.75, 3.05) is 26.2 Å². The molecule has 0 bridgehead atoms. The number of amides is 2. The van der Waals surface area contributed by atoms with Crippen molar-refractivity contribution in [1.29, 1.82) is 0 Å². The summed E-state index contributed by atoms with van der Waals surface area (Å²) in [6.07, 6.45) is 5.23. The minimum absolute atomic E-state index is 0.0469. The monoisotopic (exact) mass is 342 g/mol. The molecule has 124 valence electrons. The lowest BCUT2D eigenvalue weighted by Gasteiger charge is -2.22. The zero-order valence-corrected chi connectivity index (χ0v) is 14.0. The van der Waals surface area contributed by atoms with E-state index >= 15 is 0 Å². The third-order valence-electron chi connectivity index (χ3n) is 3.99. The summed E-state index contributed by atoms with van der Waals surface area (Å²) in [5.41, 5.74) is 0.924. The van der Waals surface area contributed by atoms with Crippen molar-refractivity contribution < 1.29 is 9.59 Å². The van der Waals surface area contributed by atoms with Crippen LogP contribution in [0.3, 0.4) is 0 Å². The van der Waals surface area contributed by atoms with Gasteiger partial charge in [0.15, 0.2) is 0 Å². The van der Waals surface area contributed by atoms with Crippen LogP contribution in [0.5, 0.6) is 0 Å². The molecule has 2 amide bonds. The van der Waals surface area contributed by atoms with E-state index in [9.17, 15) is 9.59 Å². The molecule has 1 aliphatic heterocycles. The van der Waals surface area contributed by atoms with Crippen LogP contribution in [-0.2, 0) is 0 Å². The number of carbonyl (C=O) groups excluding carboxylic acids is 2. The van der Waals surface area contributed by atoms with Crippen molar-refractivity contribution in [2.24, 2.45) is 0 Å². The summed E-state index contributed by atoms with van der Waals surface area (Å²) < 4.78 is 0. The molecule has 1 saturated heterocycles. The van der Waals surface area contributed by atoms with Gasteiger partial charge in [-0.1, -0.05) is 12.1 Å². The van der Waals surface area contributed by atoms with Crippen molar-refractivity contribution >= 4 is 24.4 Å². The van der Waals surface area contributed by atoms with Crippen molar-refractivity contribution in [3.8, 4) is 0 Å². The van der Waals surface area contributed by atoms with Gasteiger partial charge in [0.2, 0.25) is 0 Å². The number of aromatic nitrogens is 2. The highest BCUT2D eigenvalue weighted by Crippen LogP contribution is 2.17. The van der Waals surface area contributed by atoms with E-state index in [1.54, 1.807) is 21.9 Å². The van der Waals surface area contributed by atoms with Gasteiger partial charge in [-0.2, -0.15) is 0 Å². The van der Waals surface area contributed by atoms with Gasteiger partial charge in [0.25, 0.3) is 11.8 Å². The van der Waals surface area contributed by atoms with Gasteiger partial charge in [0.1, 0.15) is 5.69 Å². The highest BCUT2D eigenvalue weighted by Gasteiger charge is 2.24. The van der Waals surface area contributed by atoms with Gasteiger partial charge in [0, 0.05) is 43.5 Å². The SMILES string of the molecule is O=C(c1cnccn1)N1CCCN(C(=O)c2ccccc2S)CC1. The van der Waals surface area contributed by atoms with Crippen LogP contribution in [0.2, 0.25) is 0 Å². The smallest absolute Gasteiger partial charge is 0.274 e. The summed E-state index contributed by atoms with van der Waals surface area (Å²) in [7, 11) is 0. The highest BCUT2D eigenvalue weighted by molar-refractivity contribution is 7.80. The van der Waals surface area contributed by atoms with E-state index < -0.39 is 0 Å². The third kappa shape index (κ3) is 3.56. The average Bonchev–Trinajstić information content (AvgIpc) is 2.88. The molecular formula is C17H18N4O2S. The van der Waals surface area contributed by atoms with E-state index in [-0.39, 0.29) is 11.8 Å². The number of hydrogen-bond acceptors (Lipinski definition) is 5. The van der Waals surface area contributed by atoms with E-state index in [0.717, 1.165) is 6.42 Å². The van der Waals surface area contributed by atoms with Crippen LogP contribution in [0.4, 0.5) is 0 Å². The fourth-order valence-electron chi connectivity index (χ4n) is 2.72. The molecule has 0 aliphatic carbocycles. The second kappa shape index (κ2) is 7.44. The first-order valence-electron chi connectivity index (χ1n) is 7.79. The second-order valence-corrected chi connectivity index (χ2v) is 6.03. The van der Waals surface area contributed by atoms with Crippen LogP contribution in [0.15, 0.2) is 47.8 Å². The van der Waals surface area contributed by atoms with E-state index in [1.165, 1.54) is 18.6 Å². The quantitative estimate of drug-likeness (QED) is 0.845. The topological polar surface area (TPSA) is 66.4 Å². The Morgan fingerprint density at radius 3 is 2.33 bits per heavy atom. The first kappa shape index (κ1) is 16.4. The Hall–Kier alpha value is -2.41. The molecule has 1 fully saturated rings. The average molecular weight is 342 g/mol. The molecule has 3 rings (SSSR count). The molecule has 7 heteroatoms. The molecule has 0 unspecified atom stereocenters. The molecule has 1 aromatic carbocycles. The Morgan fingerprint density at radius 1 is 0.958 bits per heavy atom. The number of benzene rings is 1. The van der Waals surface area contributed by atoms with Crippen LogP contribution < -0.4 is 0 Å². The van der Waals surface area contributed by atoms with Crippen molar-refractivity contribution in [1.82, 2.24) is 19.8 Å². The predicted molar refractivity (Wildman–Crippen MR) is 92.2 cm³/mol. The third-order valence-corrected chi connectivity index (χ3v) is 4.38. The number of thiol groups is 1. The number of nitrogens with zero attached hydrogens (tertiary/aromatic N) is 4. The summed E-state index contributed by atoms with van der Waals surface area (Å²) in [4.78, 5) is 37.3. The Morgan fingerprint density at radius 2 is 1.67 bits per heavy atom. The van der Waals surface area contributed by atoms with E-state index in [1.807, 2.05) is 12.1 Å². The maximum Gasteiger partial charge on any atom is 0.274 e. The van der Waals surface area contributed by atoms with E-state index in [4.69, 9.17) is 0 Å². The Balaban J connectivity index is 1.68. The summed E-state index contributed by atoms with van der Waals surface area (Å²) in [6.45, 7) is 2.19. The summed E-state index contributed by atoms with van der Waals surface area (Å²) >= 11 is 4.35. The normalized spacial score (nSPS) is 15.0. The molecule has 6 nitrogen and oxygen atoms in total. The molecule has 0 radical (unpaired) electrons. The number of hydrogen-bond donors (Lipinski definition) is 1. The molecule has 2 aromatic rings. The molecule has 1 aliphatic rings.